The maximum absolute atomic E-state index is 12.2. The molecule has 4 rings (SSSR count). The summed E-state index contributed by atoms with van der Waals surface area (Å²) in [6, 6.07) is -0.156. The molecule has 0 bridgehead atoms. The van der Waals surface area contributed by atoms with Gasteiger partial charge >= 0.3 is 0 Å². The van der Waals surface area contributed by atoms with Crippen LogP contribution in [0.3, 0.4) is 0 Å². The number of nitrogens with zero attached hydrogens (tertiary/aromatic N) is 2. The second-order valence-electron chi connectivity index (χ2n) is 11.8. The van der Waals surface area contributed by atoms with Crippen LogP contribution in [0.25, 0.3) is 0 Å². The highest BCUT2D eigenvalue weighted by molar-refractivity contribution is 6.13. The Kier molecular flexibility index (Phi) is 7.97. The van der Waals surface area contributed by atoms with E-state index >= 15 is 0 Å². The van der Waals surface area contributed by atoms with Crippen LogP contribution < -0.4 is 0 Å². The molecule has 6 nitrogen and oxygen atoms in total. The van der Waals surface area contributed by atoms with Crippen molar-refractivity contribution >= 4 is 23.6 Å². The van der Waals surface area contributed by atoms with Crippen molar-refractivity contribution in [2.24, 2.45) is 10.8 Å². The minimum absolute atomic E-state index is 0.0779. The zero-order valence-electron chi connectivity index (χ0n) is 21.6. The Balaban J connectivity index is 1.45. The summed E-state index contributed by atoms with van der Waals surface area (Å²) in [6.07, 6.45) is 23.1. The molecule has 4 aliphatic rings. The van der Waals surface area contributed by atoms with Crippen molar-refractivity contribution < 1.29 is 19.2 Å². The molecule has 2 atom stereocenters. The fraction of sp³-hybridized carbons (Fsp3) is 0.724. The largest absolute Gasteiger partial charge is 0.273 e. The van der Waals surface area contributed by atoms with E-state index in [1.165, 1.54) is 105 Å². The molecule has 0 N–H and O–H groups in total. The van der Waals surface area contributed by atoms with E-state index in [9.17, 15) is 19.2 Å². The average molecular weight is 483 g/mol. The Morgan fingerprint density at radius 1 is 0.600 bits per heavy atom. The van der Waals surface area contributed by atoms with Gasteiger partial charge in [0.15, 0.2) is 0 Å². The third-order valence-corrected chi connectivity index (χ3v) is 9.33. The Morgan fingerprint density at radius 3 is 1.23 bits per heavy atom. The van der Waals surface area contributed by atoms with E-state index < -0.39 is 0 Å². The Morgan fingerprint density at radius 2 is 0.914 bits per heavy atom. The minimum atomic E-state index is -0.182. The van der Waals surface area contributed by atoms with E-state index in [-0.39, 0.29) is 46.5 Å². The quantitative estimate of drug-likeness (QED) is 0.387. The number of hydrogen-bond acceptors (Lipinski definition) is 4. The first-order valence-corrected chi connectivity index (χ1v) is 13.8. The maximum atomic E-state index is 12.2. The molecule has 0 aromatic carbocycles. The van der Waals surface area contributed by atoms with Crippen LogP contribution in [-0.4, -0.2) is 45.5 Å². The summed E-state index contributed by atoms with van der Waals surface area (Å²) in [7, 11) is 0. The Labute approximate surface area is 210 Å². The lowest BCUT2D eigenvalue weighted by Crippen LogP contribution is -2.41. The third kappa shape index (κ3) is 5.78. The van der Waals surface area contributed by atoms with Crippen LogP contribution in [-0.2, 0) is 19.2 Å². The van der Waals surface area contributed by atoms with Crippen molar-refractivity contribution in [2.75, 3.05) is 0 Å². The molecule has 0 radical (unpaired) electrons. The fourth-order valence-corrected chi connectivity index (χ4v) is 7.41. The molecule has 4 amide bonds. The molecule has 35 heavy (non-hydrogen) atoms. The van der Waals surface area contributed by atoms with Gasteiger partial charge in [0.2, 0.25) is 0 Å². The van der Waals surface area contributed by atoms with E-state index in [1.807, 2.05) is 13.8 Å². The standard InChI is InChI=1S/C29H42N2O4/c1-22(30-24(32)9-10-25(30)33)13-19-28(15-5-3-6-16-28)21-29(17-7-4-8-18-29)20-14-23(2)31-26(34)11-12-27(31)35/h9-12,22-23H,3-8,13-21H2,1-2H3. The highest BCUT2D eigenvalue weighted by Gasteiger charge is 2.43. The number of imide groups is 2. The van der Waals surface area contributed by atoms with Gasteiger partial charge in [-0.15, -0.1) is 0 Å². The first-order chi connectivity index (χ1) is 16.7. The summed E-state index contributed by atoms with van der Waals surface area (Å²) in [6.45, 7) is 4.02. The van der Waals surface area contributed by atoms with E-state index in [1.54, 1.807) is 0 Å². The molecule has 2 unspecified atom stereocenters. The number of carbonyl (C=O) groups excluding carboxylic acids is 4. The molecule has 192 valence electrons. The topological polar surface area (TPSA) is 74.8 Å². The lowest BCUT2D eigenvalue weighted by molar-refractivity contribution is -0.140. The zero-order chi connectivity index (χ0) is 25.1. The van der Waals surface area contributed by atoms with Crippen molar-refractivity contribution in [3.05, 3.63) is 24.3 Å². The van der Waals surface area contributed by atoms with Crippen LogP contribution in [0.5, 0.6) is 0 Å². The van der Waals surface area contributed by atoms with Crippen LogP contribution in [0, 0.1) is 10.8 Å². The number of carbonyl (C=O) groups is 4. The van der Waals surface area contributed by atoms with Crippen molar-refractivity contribution in [3.63, 3.8) is 0 Å². The molecular formula is C29H42N2O4. The van der Waals surface area contributed by atoms with Gasteiger partial charge in [-0.05, 0) is 82.5 Å². The molecule has 2 saturated carbocycles. The smallest absolute Gasteiger partial charge is 0.253 e. The number of amides is 4. The molecule has 0 spiro atoms. The average Bonchev–Trinajstić information content (AvgIpc) is 3.37. The third-order valence-electron chi connectivity index (χ3n) is 9.33. The van der Waals surface area contributed by atoms with Gasteiger partial charge in [-0.1, -0.05) is 38.5 Å². The summed E-state index contributed by atoms with van der Waals surface area (Å²) in [5.74, 6) is -0.728. The van der Waals surface area contributed by atoms with Gasteiger partial charge in [-0.2, -0.15) is 0 Å². The SMILES string of the molecule is CC(CCC1(CC2(CCC(C)N3C(=O)C=CC3=O)CCCCC2)CCCCC1)N1C(=O)C=CC1=O. The van der Waals surface area contributed by atoms with Crippen LogP contribution in [0.15, 0.2) is 24.3 Å². The maximum Gasteiger partial charge on any atom is 0.253 e. The van der Waals surface area contributed by atoms with Gasteiger partial charge in [-0.3, -0.25) is 29.0 Å². The Hall–Kier alpha value is -2.24. The van der Waals surface area contributed by atoms with Gasteiger partial charge < -0.3 is 0 Å². The van der Waals surface area contributed by atoms with Crippen molar-refractivity contribution in [2.45, 2.75) is 122 Å². The first kappa shape index (κ1) is 25.8. The molecule has 6 heteroatoms. The van der Waals surface area contributed by atoms with Gasteiger partial charge in [-0.25, -0.2) is 0 Å². The lowest BCUT2D eigenvalue weighted by atomic mass is 9.57. The molecule has 0 saturated heterocycles. The summed E-state index contributed by atoms with van der Waals surface area (Å²) < 4.78 is 0. The molecular weight excluding hydrogens is 440 g/mol. The Bertz CT molecular complexity index is 784. The van der Waals surface area contributed by atoms with Gasteiger partial charge in [0.1, 0.15) is 0 Å². The summed E-state index contributed by atoms with van der Waals surface area (Å²) >= 11 is 0. The van der Waals surface area contributed by atoms with Crippen LogP contribution in [0.2, 0.25) is 0 Å². The second kappa shape index (κ2) is 10.8. The second-order valence-corrected chi connectivity index (χ2v) is 11.8. The van der Waals surface area contributed by atoms with Crippen LogP contribution in [0.1, 0.15) is 110 Å². The van der Waals surface area contributed by atoms with Crippen LogP contribution in [0.4, 0.5) is 0 Å². The number of rotatable bonds is 10. The minimum Gasteiger partial charge on any atom is -0.273 e. The monoisotopic (exact) mass is 482 g/mol. The van der Waals surface area contributed by atoms with E-state index in [4.69, 9.17) is 0 Å². The molecule has 2 aliphatic carbocycles. The first-order valence-electron chi connectivity index (χ1n) is 13.8. The van der Waals surface area contributed by atoms with Gasteiger partial charge in [0.25, 0.3) is 23.6 Å². The normalized spacial score (nSPS) is 25.5. The predicted octanol–water partition coefficient (Wildman–Crippen LogP) is 5.46. The summed E-state index contributed by atoms with van der Waals surface area (Å²) in [4.78, 5) is 51.6. The van der Waals surface area contributed by atoms with E-state index in [0.29, 0.717) is 0 Å². The molecule has 2 heterocycles. The zero-order valence-corrected chi connectivity index (χ0v) is 21.6. The number of hydrogen-bond donors (Lipinski definition) is 0. The van der Waals surface area contributed by atoms with E-state index in [0.717, 1.165) is 25.7 Å². The van der Waals surface area contributed by atoms with E-state index in [2.05, 4.69) is 0 Å². The van der Waals surface area contributed by atoms with Crippen molar-refractivity contribution in [1.29, 1.82) is 0 Å². The van der Waals surface area contributed by atoms with Crippen molar-refractivity contribution in [3.8, 4) is 0 Å². The van der Waals surface area contributed by atoms with Crippen LogP contribution >= 0.6 is 0 Å². The highest BCUT2D eigenvalue weighted by atomic mass is 16.2. The fourth-order valence-electron chi connectivity index (χ4n) is 7.41. The summed E-state index contributed by atoms with van der Waals surface area (Å²) in [5.41, 5.74) is 0.514. The molecule has 2 aliphatic heterocycles. The molecule has 2 fully saturated rings. The lowest BCUT2D eigenvalue weighted by Gasteiger charge is -2.48. The molecule has 0 aromatic heterocycles. The summed E-state index contributed by atoms with van der Waals surface area (Å²) in [5, 5.41) is 0. The van der Waals surface area contributed by atoms with Gasteiger partial charge in [0, 0.05) is 36.4 Å². The molecule has 0 aromatic rings. The van der Waals surface area contributed by atoms with Crippen molar-refractivity contribution in [1.82, 2.24) is 9.80 Å². The predicted molar refractivity (Wildman–Crippen MR) is 135 cm³/mol. The highest BCUT2D eigenvalue weighted by Crippen LogP contribution is 2.55. The van der Waals surface area contributed by atoms with Gasteiger partial charge in [0.05, 0.1) is 0 Å².